The Bertz CT molecular complexity index is 976. The fourth-order valence-corrected chi connectivity index (χ4v) is 2.93. The summed E-state index contributed by atoms with van der Waals surface area (Å²) in [5.74, 6) is 1.71. The number of rotatable bonds is 8. The van der Waals surface area contributed by atoms with Crippen LogP contribution < -0.4 is 19.5 Å². The second kappa shape index (κ2) is 9.85. The molecular formula is C23H22ClNO4. The van der Waals surface area contributed by atoms with Gasteiger partial charge in [-0.1, -0.05) is 48.9 Å². The van der Waals surface area contributed by atoms with E-state index in [2.05, 4.69) is 5.32 Å². The molecule has 0 aliphatic rings. The van der Waals surface area contributed by atoms with Crippen molar-refractivity contribution in [3.05, 3.63) is 77.3 Å². The minimum atomic E-state index is -0.337. The summed E-state index contributed by atoms with van der Waals surface area (Å²) < 4.78 is 16.9. The van der Waals surface area contributed by atoms with E-state index in [9.17, 15) is 4.79 Å². The van der Waals surface area contributed by atoms with Crippen molar-refractivity contribution in [2.75, 3.05) is 19.0 Å². The Labute approximate surface area is 175 Å². The Hall–Kier alpha value is -3.18. The number of carbonyl (C=O) groups excluding carboxylic acids is 1. The second-order valence-electron chi connectivity index (χ2n) is 6.20. The molecule has 1 amide bonds. The molecule has 3 rings (SSSR count). The van der Waals surface area contributed by atoms with Gasteiger partial charge in [0.15, 0.2) is 17.2 Å². The molecule has 3 aromatic carbocycles. The molecule has 1 N–H and O–H groups in total. The molecule has 0 heterocycles. The van der Waals surface area contributed by atoms with Crippen molar-refractivity contribution in [3.8, 4) is 23.0 Å². The normalized spacial score (nSPS) is 10.3. The number of halogens is 1. The van der Waals surface area contributed by atoms with Crippen molar-refractivity contribution in [1.82, 2.24) is 0 Å². The highest BCUT2D eigenvalue weighted by molar-refractivity contribution is 6.32. The number of methoxy groups -OCH3 is 1. The van der Waals surface area contributed by atoms with Crippen LogP contribution in [-0.2, 0) is 0 Å². The average molecular weight is 412 g/mol. The lowest BCUT2D eigenvalue weighted by Crippen LogP contribution is -2.13. The maximum Gasteiger partial charge on any atom is 0.255 e. The van der Waals surface area contributed by atoms with Gasteiger partial charge in [-0.15, -0.1) is 0 Å². The van der Waals surface area contributed by atoms with E-state index in [0.29, 0.717) is 45.9 Å². The highest BCUT2D eigenvalue weighted by atomic mass is 35.5. The molecule has 0 aliphatic heterocycles. The molecule has 5 nitrogen and oxygen atoms in total. The van der Waals surface area contributed by atoms with Gasteiger partial charge in [0.05, 0.1) is 24.4 Å². The summed E-state index contributed by atoms with van der Waals surface area (Å²) in [6.45, 7) is 2.50. The first-order chi connectivity index (χ1) is 14.1. The molecule has 0 unspecified atom stereocenters. The first-order valence-electron chi connectivity index (χ1n) is 9.26. The molecule has 0 fully saturated rings. The van der Waals surface area contributed by atoms with Crippen molar-refractivity contribution in [3.63, 3.8) is 0 Å². The standard InChI is InChI=1S/C23H22ClNO4/c1-3-13-28-22-18(24)14-16(15-21(22)27-2)23(26)25-19-11-7-8-12-20(19)29-17-9-5-4-6-10-17/h4-12,14-15H,3,13H2,1-2H3,(H,25,26). The number of hydrogen-bond donors (Lipinski definition) is 1. The molecule has 0 saturated heterocycles. The highest BCUT2D eigenvalue weighted by Gasteiger charge is 2.17. The number of carbonyl (C=O) groups is 1. The van der Waals surface area contributed by atoms with E-state index >= 15 is 0 Å². The maximum absolute atomic E-state index is 12.8. The van der Waals surface area contributed by atoms with Gasteiger partial charge in [0.25, 0.3) is 5.91 Å². The van der Waals surface area contributed by atoms with Gasteiger partial charge in [-0.25, -0.2) is 0 Å². The summed E-state index contributed by atoms with van der Waals surface area (Å²) in [6, 6.07) is 19.8. The number of ether oxygens (including phenoxy) is 3. The van der Waals surface area contributed by atoms with Gasteiger partial charge in [0, 0.05) is 5.56 Å². The van der Waals surface area contributed by atoms with Crippen molar-refractivity contribution in [2.24, 2.45) is 0 Å². The lowest BCUT2D eigenvalue weighted by molar-refractivity contribution is 0.102. The molecule has 150 valence electrons. The number of anilines is 1. The Kier molecular flexibility index (Phi) is 6.98. The van der Waals surface area contributed by atoms with Crippen LogP contribution in [0, 0.1) is 0 Å². The van der Waals surface area contributed by atoms with E-state index in [1.807, 2.05) is 49.4 Å². The van der Waals surface area contributed by atoms with Crippen LogP contribution in [-0.4, -0.2) is 19.6 Å². The molecule has 0 spiro atoms. The number of hydrogen-bond acceptors (Lipinski definition) is 4. The molecule has 29 heavy (non-hydrogen) atoms. The summed E-state index contributed by atoms with van der Waals surface area (Å²) >= 11 is 6.33. The van der Waals surface area contributed by atoms with Gasteiger partial charge in [0.1, 0.15) is 5.75 Å². The van der Waals surface area contributed by atoms with Gasteiger partial charge in [0.2, 0.25) is 0 Å². The molecule has 0 atom stereocenters. The van der Waals surface area contributed by atoms with Gasteiger partial charge in [-0.3, -0.25) is 4.79 Å². The second-order valence-corrected chi connectivity index (χ2v) is 6.61. The van der Waals surface area contributed by atoms with Crippen LogP contribution in [0.15, 0.2) is 66.7 Å². The summed E-state index contributed by atoms with van der Waals surface area (Å²) in [5, 5.41) is 3.19. The number of nitrogens with one attached hydrogen (secondary N) is 1. The maximum atomic E-state index is 12.8. The molecular weight excluding hydrogens is 390 g/mol. The average Bonchev–Trinajstić information content (AvgIpc) is 2.74. The van der Waals surface area contributed by atoms with E-state index in [1.54, 1.807) is 24.3 Å². The fourth-order valence-electron chi connectivity index (χ4n) is 2.66. The number of benzene rings is 3. The largest absolute Gasteiger partial charge is 0.493 e. The van der Waals surface area contributed by atoms with Crippen molar-refractivity contribution < 1.29 is 19.0 Å². The molecule has 0 aliphatic carbocycles. The molecule has 3 aromatic rings. The Morgan fingerprint density at radius 2 is 1.72 bits per heavy atom. The predicted molar refractivity (Wildman–Crippen MR) is 115 cm³/mol. The third-order valence-electron chi connectivity index (χ3n) is 4.05. The van der Waals surface area contributed by atoms with Crippen LogP contribution in [0.2, 0.25) is 5.02 Å². The molecule has 6 heteroatoms. The monoisotopic (exact) mass is 411 g/mol. The summed E-state index contributed by atoms with van der Waals surface area (Å²) in [4.78, 5) is 12.8. The van der Waals surface area contributed by atoms with Gasteiger partial charge in [-0.2, -0.15) is 0 Å². The van der Waals surface area contributed by atoms with E-state index in [4.69, 9.17) is 25.8 Å². The van der Waals surface area contributed by atoms with Crippen LogP contribution >= 0.6 is 11.6 Å². The fraction of sp³-hybridized carbons (Fsp3) is 0.174. The van der Waals surface area contributed by atoms with E-state index in [-0.39, 0.29) is 5.91 Å². The lowest BCUT2D eigenvalue weighted by atomic mass is 10.1. The molecule has 0 radical (unpaired) electrons. The molecule has 0 saturated carbocycles. The minimum Gasteiger partial charge on any atom is -0.493 e. The first-order valence-corrected chi connectivity index (χ1v) is 9.63. The van der Waals surface area contributed by atoms with Crippen molar-refractivity contribution in [2.45, 2.75) is 13.3 Å². The van der Waals surface area contributed by atoms with Crippen LogP contribution in [0.4, 0.5) is 5.69 Å². The predicted octanol–water partition coefficient (Wildman–Crippen LogP) is 6.18. The highest BCUT2D eigenvalue weighted by Crippen LogP contribution is 2.37. The zero-order chi connectivity index (χ0) is 20.6. The van der Waals surface area contributed by atoms with E-state index in [1.165, 1.54) is 7.11 Å². The van der Waals surface area contributed by atoms with Crippen LogP contribution in [0.5, 0.6) is 23.0 Å². The van der Waals surface area contributed by atoms with E-state index in [0.717, 1.165) is 6.42 Å². The van der Waals surface area contributed by atoms with Gasteiger partial charge >= 0.3 is 0 Å². The zero-order valence-corrected chi connectivity index (χ0v) is 17.0. The topological polar surface area (TPSA) is 56.8 Å². The summed E-state index contributed by atoms with van der Waals surface area (Å²) in [5.41, 5.74) is 0.896. The summed E-state index contributed by atoms with van der Waals surface area (Å²) in [7, 11) is 1.51. The van der Waals surface area contributed by atoms with Crippen molar-refractivity contribution in [1.29, 1.82) is 0 Å². The quantitative estimate of drug-likeness (QED) is 0.480. The number of amides is 1. The third kappa shape index (κ3) is 5.21. The third-order valence-corrected chi connectivity index (χ3v) is 4.33. The van der Waals surface area contributed by atoms with Crippen LogP contribution in [0.1, 0.15) is 23.7 Å². The Morgan fingerprint density at radius 1 is 1.00 bits per heavy atom. The van der Waals surface area contributed by atoms with Crippen LogP contribution in [0.3, 0.4) is 0 Å². The Morgan fingerprint density at radius 3 is 2.45 bits per heavy atom. The summed E-state index contributed by atoms with van der Waals surface area (Å²) in [6.07, 6.45) is 0.833. The zero-order valence-electron chi connectivity index (χ0n) is 16.3. The Balaban J connectivity index is 1.83. The number of para-hydroxylation sites is 3. The van der Waals surface area contributed by atoms with Crippen molar-refractivity contribution >= 4 is 23.2 Å². The molecule has 0 aromatic heterocycles. The molecule has 0 bridgehead atoms. The van der Waals surface area contributed by atoms with E-state index < -0.39 is 0 Å². The van der Waals surface area contributed by atoms with Gasteiger partial charge < -0.3 is 19.5 Å². The smallest absolute Gasteiger partial charge is 0.255 e. The van der Waals surface area contributed by atoms with Gasteiger partial charge in [-0.05, 0) is 42.8 Å². The van der Waals surface area contributed by atoms with Crippen LogP contribution in [0.25, 0.3) is 0 Å². The first kappa shape index (κ1) is 20.6. The minimum absolute atomic E-state index is 0.316. The SMILES string of the molecule is CCCOc1c(Cl)cc(C(=O)Nc2ccccc2Oc2ccccc2)cc1OC. The lowest BCUT2D eigenvalue weighted by Gasteiger charge is -2.15.